The van der Waals surface area contributed by atoms with Crippen molar-refractivity contribution < 1.29 is 14.0 Å². The Morgan fingerprint density at radius 2 is 1.73 bits per heavy atom. The second-order valence-electron chi connectivity index (χ2n) is 9.36. The molecule has 2 aliphatic rings. The van der Waals surface area contributed by atoms with Crippen molar-refractivity contribution in [2.45, 2.75) is 44.6 Å². The van der Waals surface area contributed by atoms with Gasteiger partial charge in [-0.05, 0) is 62.1 Å². The highest BCUT2D eigenvalue weighted by Gasteiger charge is 2.31. The second-order valence-corrected chi connectivity index (χ2v) is 9.36. The van der Waals surface area contributed by atoms with Gasteiger partial charge in [-0.2, -0.15) is 0 Å². The minimum atomic E-state index is -0.289. The van der Waals surface area contributed by atoms with Crippen LogP contribution in [0.5, 0.6) is 0 Å². The average Bonchev–Trinajstić information content (AvgIpc) is 2.80. The molecule has 1 atom stereocenters. The highest BCUT2D eigenvalue weighted by molar-refractivity contribution is 5.95. The zero-order chi connectivity index (χ0) is 23.2. The van der Waals surface area contributed by atoms with E-state index >= 15 is 0 Å². The van der Waals surface area contributed by atoms with E-state index in [1.807, 2.05) is 47.2 Å². The number of benzene rings is 2. The number of anilines is 1. The van der Waals surface area contributed by atoms with Crippen LogP contribution in [0.15, 0.2) is 54.6 Å². The summed E-state index contributed by atoms with van der Waals surface area (Å²) < 4.78 is 13.1. The van der Waals surface area contributed by atoms with Crippen molar-refractivity contribution in [1.29, 1.82) is 0 Å². The molecule has 5 nitrogen and oxygen atoms in total. The number of likely N-dealkylation sites (N-methyl/N-ethyl adjacent to an activating group) is 1. The number of amides is 2. The van der Waals surface area contributed by atoms with Gasteiger partial charge in [0, 0.05) is 44.3 Å². The van der Waals surface area contributed by atoms with Crippen LogP contribution in [0.1, 0.15) is 37.7 Å². The Labute approximate surface area is 196 Å². The van der Waals surface area contributed by atoms with Gasteiger partial charge in [-0.3, -0.25) is 14.5 Å². The molecule has 4 rings (SSSR count). The molecule has 2 amide bonds. The number of hydrogen-bond acceptors (Lipinski definition) is 3. The predicted molar refractivity (Wildman–Crippen MR) is 128 cm³/mol. The van der Waals surface area contributed by atoms with Gasteiger partial charge in [0.25, 0.3) is 0 Å². The zero-order valence-corrected chi connectivity index (χ0v) is 19.5. The standard InChI is InChI=1S/C27H34FN3O2/c1-29(26(32)19-21-12-14-23(28)15-13-21)25-11-6-16-30(20-25)17-18-31(24-9-3-2-4-10-24)27(33)22-7-5-8-22/h2-4,9-10,12-15,22,25H,5-8,11,16-20H2,1H3. The number of nitrogens with zero attached hydrogens (tertiary/aromatic N) is 3. The van der Waals surface area contributed by atoms with E-state index in [4.69, 9.17) is 0 Å². The van der Waals surface area contributed by atoms with Gasteiger partial charge in [0.15, 0.2) is 0 Å². The molecular weight excluding hydrogens is 417 g/mol. The molecule has 0 N–H and O–H groups in total. The van der Waals surface area contributed by atoms with E-state index in [0.717, 1.165) is 63.0 Å². The molecule has 2 aromatic rings. The van der Waals surface area contributed by atoms with E-state index in [9.17, 15) is 14.0 Å². The van der Waals surface area contributed by atoms with Crippen molar-refractivity contribution >= 4 is 17.5 Å². The fraction of sp³-hybridized carbons (Fsp3) is 0.481. The Morgan fingerprint density at radius 3 is 2.39 bits per heavy atom. The Hall–Kier alpha value is -2.73. The van der Waals surface area contributed by atoms with Crippen LogP contribution in [-0.2, 0) is 16.0 Å². The maximum Gasteiger partial charge on any atom is 0.230 e. The number of likely N-dealkylation sites (tertiary alicyclic amines) is 1. The number of halogens is 1. The monoisotopic (exact) mass is 451 g/mol. The summed E-state index contributed by atoms with van der Waals surface area (Å²) in [6.45, 7) is 3.26. The van der Waals surface area contributed by atoms with E-state index in [1.54, 1.807) is 12.1 Å². The van der Waals surface area contributed by atoms with Crippen molar-refractivity contribution in [2.75, 3.05) is 38.1 Å². The Bertz CT molecular complexity index is 930. The number of carbonyl (C=O) groups is 2. The summed E-state index contributed by atoms with van der Waals surface area (Å²) in [6.07, 6.45) is 5.42. The van der Waals surface area contributed by atoms with Crippen LogP contribution < -0.4 is 4.90 Å². The van der Waals surface area contributed by atoms with Gasteiger partial charge >= 0.3 is 0 Å². The lowest BCUT2D eigenvalue weighted by molar-refractivity contribution is -0.132. The summed E-state index contributed by atoms with van der Waals surface area (Å²) in [4.78, 5) is 32.1. The van der Waals surface area contributed by atoms with Crippen molar-refractivity contribution in [3.63, 3.8) is 0 Å². The molecule has 2 aromatic carbocycles. The topological polar surface area (TPSA) is 43.9 Å². The van der Waals surface area contributed by atoms with Gasteiger partial charge in [0.2, 0.25) is 11.8 Å². The number of para-hydroxylation sites is 1. The molecule has 0 radical (unpaired) electrons. The maximum absolute atomic E-state index is 13.1. The number of carbonyl (C=O) groups excluding carboxylic acids is 2. The first-order valence-electron chi connectivity index (χ1n) is 12.1. The van der Waals surface area contributed by atoms with Gasteiger partial charge in [-0.15, -0.1) is 0 Å². The van der Waals surface area contributed by atoms with E-state index in [1.165, 1.54) is 12.1 Å². The molecule has 0 bridgehead atoms. The molecule has 0 aromatic heterocycles. The number of piperidine rings is 1. The van der Waals surface area contributed by atoms with Crippen molar-refractivity contribution in [1.82, 2.24) is 9.80 Å². The molecule has 1 heterocycles. The highest BCUT2D eigenvalue weighted by Crippen LogP contribution is 2.30. The molecule has 0 spiro atoms. The first-order valence-corrected chi connectivity index (χ1v) is 12.1. The molecule has 176 valence electrons. The van der Waals surface area contributed by atoms with Crippen LogP contribution in [0.2, 0.25) is 0 Å². The van der Waals surface area contributed by atoms with Crippen LogP contribution in [0.3, 0.4) is 0 Å². The van der Waals surface area contributed by atoms with Crippen LogP contribution in [0.4, 0.5) is 10.1 Å². The summed E-state index contributed by atoms with van der Waals surface area (Å²) >= 11 is 0. The van der Waals surface area contributed by atoms with Crippen molar-refractivity contribution in [2.24, 2.45) is 5.92 Å². The van der Waals surface area contributed by atoms with Crippen LogP contribution in [0.25, 0.3) is 0 Å². The van der Waals surface area contributed by atoms with Crippen molar-refractivity contribution in [3.8, 4) is 0 Å². The first kappa shape index (κ1) is 23.4. The molecule has 1 unspecified atom stereocenters. The maximum atomic E-state index is 13.1. The molecule has 2 fully saturated rings. The van der Waals surface area contributed by atoms with Crippen LogP contribution in [-0.4, -0.2) is 60.9 Å². The SMILES string of the molecule is CN(C(=O)Cc1ccc(F)cc1)C1CCCN(CCN(C(=O)C2CCC2)c2ccccc2)C1. The summed E-state index contributed by atoms with van der Waals surface area (Å²) in [5, 5.41) is 0. The normalized spacial score (nSPS) is 19.0. The lowest BCUT2D eigenvalue weighted by Gasteiger charge is -2.39. The summed E-state index contributed by atoms with van der Waals surface area (Å²) in [7, 11) is 1.87. The fourth-order valence-corrected chi connectivity index (χ4v) is 4.75. The minimum Gasteiger partial charge on any atom is -0.341 e. The average molecular weight is 452 g/mol. The van der Waals surface area contributed by atoms with E-state index in [0.29, 0.717) is 6.54 Å². The Balaban J connectivity index is 1.33. The quantitative estimate of drug-likeness (QED) is 0.606. The van der Waals surface area contributed by atoms with E-state index < -0.39 is 0 Å². The fourth-order valence-electron chi connectivity index (χ4n) is 4.75. The van der Waals surface area contributed by atoms with E-state index in [2.05, 4.69) is 4.90 Å². The molecule has 6 heteroatoms. The third-order valence-corrected chi connectivity index (χ3v) is 7.12. The van der Waals surface area contributed by atoms with Gasteiger partial charge < -0.3 is 9.80 Å². The smallest absolute Gasteiger partial charge is 0.230 e. The molecule has 1 saturated carbocycles. The largest absolute Gasteiger partial charge is 0.341 e. The molecule has 1 aliphatic heterocycles. The van der Waals surface area contributed by atoms with E-state index in [-0.39, 0.29) is 36.0 Å². The lowest BCUT2D eigenvalue weighted by Crippen LogP contribution is -2.51. The third kappa shape index (κ3) is 5.99. The molecule has 33 heavy (non-hydrogen) atoms. The van der Waals surface area contributed by atoms with Crippen molar-refractivity contribution in [3.05, 3.63) is 66.0 Å². The summed E-state index contributed by atoms with van der Waals surface area (Å²) in [5.41, 5.74) is 1.79. The van der Waals surface area contributed by atoms with Crippen LogP contribution >= 0.6 is 0 Å². The predicted octanol–water partition coefficient (Wildman–Crippen LogP) is 4.12. The zero-order valence-electron chi connectivity index (χ0n) is 19.5. The third-order valence-electron chi connectivity index (χ3n) is 7.12. The Kier molecular flexibility index (Phi) is 7.76. The highest BCUT2D eigenvalue weighted by atomic mass is 19.1. The van der Waals surface area contributed by atoms with Gasteiger partial charge in [-0.25, -0.2) is 4.39 Å². The number of rotatable bonds is 8. The summed E-state index contributed by atoms with van der Waals surface area (Å²) in [6, 6.07) is 16.3. The van der Waals surface area contributed by atoms with Gasteiger partial charge in [0.05, 0.1) is 6.42 Å². The first-order chi connectivity index (χ1) is 16.0. The molecule has 1 aliphatic carbocycles. The van der Waals surface area contributed by atoms with Gasteiger partial charge in [0.1, 0.15) is 5.82 Å². The minimum absolute atomic E-state index is 0.0551. The number of hydrogen-bond donors (Lipinski definition) is 0. The van der Waals surface area contributed by atoms with Gasteiger partial charge in [-0.1, -0.05) is 36.8 Å². The Morgan fingerprint density at radius 1 is 1.00 bits per heavy atom. The molecule has 1 saturated heterocycles. The lowest BCUT2D eigenvalue weighted by atomic mass is 9.84. The molecular formula is C27H34FN3O2. The van der Waals surface area contributed by atoms with Crippen LogP contribution in [0, 0.1) is 11.7 Å². The summed E-state index contributed by atoms with van der Waals surface area (Å²) in [5.74, 6) is 0.171. The second kappa shape index (κ2) is 10.9.